The van der Waals surface area contributed by atoms with Gasteiger partial charge in [0.25, 0.3) is 0 Å². The van der Waals surface area contributed by atoms with E-state index in [1.807, 2.05) is 10.9 Å². The van der Waals surface area contributed by atoms with Crippen LogP contribution in [-0.4, -0.2) is 19.7 Å². The Morgan fingerprint density at radius 3 is 3.13 bits per heavy atom. The summed E-state index contributed by atoms with van der Waals surface area (Å²) >= 11 is 0. The molecule has 0 aromatic carbocycles. The summed E-state index contributed by atoms with van der Waals surface area (Å²) in [6, 6.07) is 0. The fourth-order valence-corrected chi connectivity index (χ4v) is 2.62. The van der Waals surface area contributed by atoms with E-state index in [4.69, 9.17) is 0 Å². The molecule has 2 aromatic rings. The molecule has 2 aliphatic carbocycles. The molecular weight excluding hydrogens is 188 g/mol. The lowest BCUT2D eigenvalue weighted by molar-refractivity contribution is 0.766. The molecule has 2 aliphatic rings. The van der Waals surface area contributed by atoms with Gasteiger partial charge in [0.1, 0.15) is 0 Å². The monoisotopic (exact) mass is 198 g/mol. The highest BCUT2D eigenvalue weighted by atomic mass is 15.3. The van der Waals surface area contributed by atoms with Crippen molar-refractivity contribution in [3.05, 3.63) is 36.0 Å². The molecule has 2 aromatic heterocycles. The molecular formula is C11H10N4. The number of aromatic nitrogens is 4. The van der Waals surface area contributed by atoms with E-state index in [-0.39, 0.29) is 0 Å². The van der Waals surface area contributed by atoms with Crippen LogP contribution in [0.3, 0.4) is 0 Å². The number of hydrogen-bond donors (Lipinski definition) is 0. The van der Waals surface area contributed by atoms with Crippen molar-refractivity contribution in [2.24, 2.45) is 5.92 Å². The Balaban J connectivity index is 1.90. The van der Waals surface area contributed by atoms with Crippen molar-refractivity contribution in [3.63, 3.8) is 0 Å². The van der Waals surface area contributed by atoms with Crippen molar-refractivity contribution in [1.82, 2.24) is 19.7 Å². The van der Waals surface area contributed by atoms with Crippen LogP contribution in [0.1, 0.15) is 23.6 Å². The van der Waals surface area contributed by atoms with E-state index in [1.54, 1.807) is 18.6 Å². The van der Waals surface area contributed by atoms with Crippen LogP contribution in [0.25, 0.3) is 5.82 Å². The van der Waals surface area contributed by atoms with Gasteiger partial charge in [0.05, 0.1) is 18.1 Å². The van der Waals surface area contributed by atoms with Gasteiger partial charge in [0.2, 0.25) is 0 Å². The van der Waals surface area contributed by atoms with Gasteiger partial charge in [-0.2, -0.15) is 5.10 Å². The number of hydrogen-bond acceptors (Lipinski definition) is 3. The second-order valence-corrected chi connectivity index (χ2v) is 4.34. The zero-order valence-electron chi connectivity index (χ0n) is 8.17. The van der Waals surface area contributed by atoms with E-state index in [0.29, 0.717) is 0 Å². The highest BCUT2D eigenvalue weighted by Crippen LogP contribution is 2.56. The molecule has 1 saturated carbocycles. The van der Waals surface area contributed by atoms with Crippen molar-refractivity contribution < 1.29 is 0 Å². The minimum Gasteiger partial charge on any atom is -0.259 e. The molecule has 2 heterocycles. The van der Waals surface area contributed by atoms with Crippen LogP contribution in [0.15, 0.2) is 24.8 Å². The summed E-state index contributed by atoms with van der Waals surface area (Å²) in [6.45, 7) is 0. The second kappa shape index (κ2) is 2.45. The predicted octanol–water partition coefficient (Wildman–Crippen LogP) is 1.32. The molecule has 0 radical (unpaired) electrons. The molecule has 74 valence electrons. The number of nitrogens with zero attached hydrogens (tertiary/aromatic N) is 4. The van der Waals surface area contributed by atoms with Gasteiger partial charge < -0.3 is 0 Å². The van der Waals surface area contributed by atoms with Gasteiger partial charge in [-0.1, -0.05) is 0 Å². The lowest BCUT2D eigenvalue weighted by Gasteiger charge is -2.03. The quantitative estimate of drug-likeness (QED) is 0.694. The van der Waals surface area contributed by atoms with Gasteiger partial charge in [-0.05, 0) is 24.3 Å². The van der Waals surface area contributed by atoms with E-state index < -0.39 is 0 Å². The van der Waals surface area contributed by atoms with Crippen LogP contribution in [0.2, 0.25) is 0 Å². The molecule has 0 amide bonds. The van der Waals surface area contributed by atoms with Crippen LogP contribution in [0.5, 0.6) is 0 Å². The molecule has 4 nitrogen and oxygen atoms in total. The topological polar surface area (TPSA) is 43.6 Å². The van der Waals surface area contributed by atoms with Crippen LogP contribution in [0.4, 0.5) is 0 Å². The Hall–Kier alpha value is -1.71. The Bertz CT molecular complexity index is 517. The number of fused-ring (bicyclic) bond motifs is 3. The maximum atomic E-state index is 4.40. The molecule has 0 bridgehead atoms. The summed E-state index contributed by atoms with van der Waals surface area (Å²) in [4.78, 5) is 8.37. The van der Waals surface area contributed by atoms with E-state index >= 15 is 0 Å². The Morgan fingerprint density at radius 2 is 2.27 bits per heavy atom. The van der Waals surface area contributed by atoms with Gasteiger partial charge in [-0.15, -0.1) is 0 Å². The van der Waals surface area contributed by atoms with E-state index in [1.165, 1.54) is 24.1 Å². The number of rotatable bonds is 1. The third-order valence-corrected chi connectivity index (χ3v) is 3.41. The van der Waals surface area contributed by atoms with Gasteiger partial charge in [-0.3, -0.25) is 4.98 Å². The van der Waals surface area contributed by atoms with Gasteiger partial charge in [0, 0.05) is 18.3 Å². The van der Waals surface area contributed by atoms with Crippen molar-refractivity contribution >= 4 is 0 Å². The molecule has 0 unspecified atom stereocenters. The van der Waals surface area contributed by atoms with Gasteiger partial charge >= 0.3 is 0 Å². The molecule has 0 N–H and O–H groups in total. The summed E-state index contributed by atoms with van der Waals surface area (Å²) < 4.78 is 1.96. The molecule has 0 aliphatic heterocycles. The van der Waals surface area contributed by atoms with Crippen LogP contribution in [-0.2, 0) is 6.42 Å². The smallest absolute Gasteiger partial charge is 0.172 e. The van der Waals surface area contributed by atoms with Crippen LogP contribution >= 0.6 is 0 Å². The molecule has 0 saturated heterocycles. The van der Waals surface area contributed by atoms with Crippen molar-refractivity contribution in [1.29, 1.82) is 0 Å². The summed E-state index contributed by atoms with van der Waals surface area (Å²) in [5, 5.41) is 4.40. The van der Waals surface area contributed by atoms with Crippen molar-refractivity contribution in [3.8, 4) is 5.82 Å². The Kier molecular flexibility index (Phi) is 1.24. The van der Waals surface area contributed by atoms with Crippen molar-refractivity contribution in [2.75, 3.05) is 0 Å². The molecule has 4 heteroatoms. The fourth-order valence-electron chi connectivity index (χ4n) is 2.62. The normalized spacial score (nSPS) is 26.1. The first kappa shape index (κ1) is 7.56. The van der Waals surface area contributed by atoms with Gasteiger partial charge in [-0.25, -0.2) is 9.67 Å². The summed E-state index contributed by atoms with van der Waals surface area (Å²) in [5.41, 5.74) is 2.78. The molecule has 1 fully saturated rings. The standard InChI is InChI=1S/C11H10N4/c1-2-13-10(6-12-1)15-11-8(5-14-15)3-7-4-9(7)11/h1-2,5-7,9H,3-4H2/t7-,9+/m1/s1. The van der Waals surface area contributed by atoms with E-state index in [2.05, 4.69) is 15.1 Å². The lowest BCUT2D eigenvalue weighted by atomic mass is 10.2. The first-order valence-corrected chi connectivity index (χ1v) is 5.26. The maximum Gasteiger partial charge on any atom is 0.172 e. The largest absolute Gasteiger partial charge is 0.259 e. The third kappa shape index (κ3) is 0.936. The first-order chi connectivity index (χ1) is 7.43. The summed E-state index contributed by atoms with van der Waals surface area (Å²) in [6.07, 6.45) is 9.69. The van der Waals surface area contributed by atoms with Crippen LogP contribution in [0, 0.1) is 5.92 Å². The molecule has 2 atom stereocenters. The average Bonchev–Trinajstić information content (AvgIpc) is 2.76. The van der Waals surface area contributed by atoms with Crippen LogP contribution < -0.4 is 0 Å². The summed E-state index contributed by atoms with van der Waals surface area (Å²) in [5.74, 6) is 2.47. The minimum absolute atomic E-state index is 0.740. The molecule has 4 rings (SSSR count). The van der Waals surface area contributed by atoms with Crippen molar-refractivity contribution in [2.45, 2.75) is 18.8 Å². The highest BCUT2D eigenvalue weighted by Gasteiger charge is 2.48. The summed E-state index contributed by atoms with van der Waals surface area (Å²) in [7, 11) is 0. The fraction of sp³-hybridized carbons (Fsp3) is 0.364. The Morgan fingerprint density at radius 1 is 1.27 bits per heavy atom. The average molecular weight is 198 g/mol. The molecule has 0 spiro atoms. The minimum atomic E-state index is 0.740. The van der Waals surface area contributed by atoms with Gasteiger partial charge in [0.15, 0.2) is 5.82 Å². The highest BCUT2D eigenvalue weighted by molar-refractivity contribution is 5.39. The van der Waals surface area contributed by atoms with E-state index in [0.717, 1.165) is 17.7 Å². The molecule has 15 heavy (non-hydrogen) atoms. The SMILES string of the molecule is c1cnc(-n2ncc3c2[C@H]2C[C@H]2C3)cn1. The maximum absolute atomic E-state index is 4.40. The first-order valence-electron chi connectivity index (χ1n) is 5.26. The second-order valence-electron chi connectivity index (χ2n) is 4.34. The van der Waals surface area contributed by atoms with E-state index in [9.17, 15) is 0 Å². The zero-order valence-corrected chi connectivity index (χ0v) is 8.17. The Labute approximate surface area is 87.0 Å². The zero-order chi connectivity index (χ0) is 9.83. The predicted molar refractivity (Wildman–Crippen MR) is 53.7 cm³/mol. The third-order valence-electron chi connectivity index (χ3n) is 3.41. The lowest BCUT2D eigenvalue weighted by Crippen LogP contribution is -2.03.